The first-order valence-corrected chi connectivity index (χ1v) is 11.9. The van der Waals surface area contributed by atoms with Crippen LogP contribution in [0.3, 0.4) is 0 Å². The Morgan fingerprint density at radius 3 is 2.53 bits per heavy atom. The molecule has 2 N–H and O–H groups in total. The normalized spacial score (nSPS) is 10.9. The third-order valence-corrected chi connectivity index (χ3v) is 6.70. The van der Waals surface area contributed by atoms with E-state index in [0.29, 0.717) is 6.54 Å². The first-order chi connectivity index (χ1) is 16.7. The minimum absolute atomic E-state index is 0.508. The number of anilines is 2. The van der Waals surface area contributed by atoms with Crippen LogP contribution < -0.4 is 10.6 Å². The SMILES string of the molecule is Cc1ccc(-c2ccc(Nc3ccc(Sc4ccccc4)cc3)c3nccn23)cc1CNC=O. The van der Waals surface area contributed by atoms with Crippen LogP contribution in [0.2, 0.25) is 0 Å². The molecular formula is C28H24N4OS. The first-order valence-electron chi connectivity index (χ1n) is 11.0. The van der Waals surface area contributed by atoms with Crippen LogP contribution in [0.5, 0.6) is 0 Å². The van der Waals surface area contributed by atoms with Crippen LogP contribution in [-0.2, 0) is 11.3 Å². The molecule has 1 amide bonds. The number of aromatic nitrogens is 2. The van der Waals surface area contributed by atoms with E-state index in [1.54, 1.807) is 11.8 Å². The summed E-state index contributed by atoms with van der Waals surface area (Å²) in [5.74, 6) is 0. The Bertz CT molecular complexity index is 1430. The van der Waals surface area contributed by atoms with Crippen molar-refractivity contribution in [2.75, 3.05) is 5.32 Å². The Hall–Kier alpha value is -4.03. The van der Waals surface area contributed by atoms with Gasteiger partial charge in [0, 0.05) is 34.4 Å². The maximum atomic E-state index is 10.7. The highest BCUT2D eigenvalue weighted by Gasteiger charge is 2.11. The number of hydrogen-bond donors (Lipinski definition) is 2. The maximum absolute atomic E-state index is 10.7. The number of carbonyl (C=O) groups is 1. The number of rotatable bonds is 8. The average molecular weight is 465 g/mol. The molecule has 0 saturated carbocycles. The quantitative estimate of drug-likeness (QED) is 0.259. The van der Waals surface area contributed by atoms with Crippen molar-refractivity contribution in [1.29, 1.82) is 0 Å². The lowest BCUT2D eigenvalue weighted by molar-refractivity contribution is -0.109. The second-order valence-electron chi connectivity index (χ2n) is 7.96. The monoisotopic (exact) mass is 464 g/mol. The number of benzene rings is 3. The molecule has 0 unspecified atom stereocenters. The molecule has 6 heteroatoms. The van der Waals surface area contributed by atoms with Crippen LogP contribution in [0.25, 0.3) is 16.9 Å². The Kier molecular flexibility index (Phi) is 6.31. The van der Waals surface area contributed by atoms with E-state index in [9.17, 15) is 4.79 Å². The lowest BCUT2D eigenvalue weighted by Crippen LogP contribution is -2.11. The second-order valence-corrected chi connectivity index (χ2v) is 9.10. The largest absolute Gasteiger partial charge is 0.355 e. The molecule has 0 spiro atoms. The van der Waals surface area contributed by atoms with E-state index < -0.39 is 0 Å². The van der Waals surface area contributed by atoms with E-state index in [-0.39, 0.29) is 0 Å². The van der Waals surface area contributed by atoms with Crippen LogP contribution in [0.4, 0.5) is 11.4 Å². The lowest BCUT2D eigenvalue weighted by atomic mass is 10.0. The number of carbonyl (C=O) groups excluding carboxylic acids is 1. The number of nitrogens with zero attached hydrogens (tertiary/aromatic N) is 2. The Labute approximate surface area is 202 Å². The third-order valence-electron chi connectivity index (χ3n) is 5.68. The molecule has 0 atom stereocenters. The number of fused-ring (bicyclic) bond motifs is 1. The summed E-state index contributed by atoms with van der Waals surface area (Å²) in [7, 11) is 0. The van der Waals surface area contributed by atoms with Crippen LogP contribution in [0, 0.1) is 6.92 Å². The van der Waals surface area contributed by atoms with E-state index in [1.165, 1.54) is 9.79 Å². The van der Waals surface area contributed by atoms with E-state index in [2.05, 4.69) is 106 Å². The Balaban J connectivity index is 1.40. The summed E-state index contributed by atoms with van der Waals surface area (Å²) in [6, 6.07) is 29.3. The third kappa shape index (κ3) is 4.67. The summed E-state index contributed by atoms with van der Waals surface area (Å²) >= 11 is 1.75. The van der Waals surface area contributed by atoms with Gasteiger partial charge < -0.3 is 10.6 Å². The van der Waals surface area contributed by atoms with E-state index >= 15 is 0 Å². The molecule has 3 aromatic carbocycles. The van der Waals surface area contributed by atoms with E-state index in [4.69, 9.17) is 0 Å². The summed E-state index contributed by atoms with van der Waals surface area (Å²) in [5, 5.41) is 6.27. The van der Waals surface area contributed by atoms with Gasteiger partial charge in [-0.3, -0.25) is 9.20 Å². The minimum Gasteiger partial charge on any atom is -0.355 e. The van der Waals surface area contributed by atoms with Gasteiger partial charge in [-0.1, -0.05) is 42.1 Å². The van der Waals surface area contributed by atoms with Crippen molar-refractivity contribution in [3.05, 3.63) is 108 Å². The van der Waals surface area contributed by atoms with E-state index in [1.807, 2.05) is 18.5 Å². The zero-order valence-corrected chi connectivity index (χ0v) is 19.5. The van der Waals surface area contributed by atoms with Crippen LogP contribution in [0.1, 0.15) is 11.1 Å². The number of aryl methyl sites for hydroxylation is 1. The van der Waals surface area contributed by atoms with Gasteiger partial charge in [-0.25, -0.2) is 4.98 Å². The first kappa shape index (κ1) is 21.8. The molecule has 2 heterocycles. The zero-order chi connectivity index (χ0) is 23.3. The molecule has 0 radical (unpaired) electrons. The molecule has 0 aliphatic rings. The fourth-order valence-electron chi connectivity index (χ4n) is 3.91. The minimum atomic E-state index is 0.508. The summed E-state index contributed by atoms with van der Waals surface area (Å²) in [6.45, 7) is 2.56. The van der Waals surface area contributed by atoms with Crippen molar-refractivity contribution in [2.45, 2.75) is 23.3 Å². The zero-order valence-electron chi connectivity index (χ0n) is 18.7. The van der Waals surface area contributed by atoms with Crippen LogP contribution in [-0.4, -0.2) is 15.8 Å². The van der Waals surface area contributed by atoms with Gasteiger partial charge in [0.25, 0.3) is 0 Å². The highest BCUT2D eigenvalue weighted by molar-refractivity contribution is 7.99. The molecule has 168 valence electrons. The summed E-state index contributed by atoms with van der Waals surface area (Å²) in [5.41, 5.74) is 7.15. The van der Waals surface area contributed by atoms with Crippen LogP contribution in [0.15, 0.2) is 107 Å². The molecule has 5 aromatic rings. The summed E-state index contributed by atoms with van der Waals surface area (Å²) in [6.07, 6.45) is 4.51. The predicted molar refractivity (Wildman–Crippen MR) is 139 cm³/mol. The number of amides is 1. The van der Waals surface area contributed by atoms with Gasteiger partial charge in [0.05, 0.1) is 11.4 Å². The van der Waals surface area contributed by atoms with Crippen molar-refractivity contribution in [1.82, 2.24) is 14.7 Å². The highest BCUT2D eigenvalue weighted by Crippen LogP contribution is 2.31. The van der Waals surface area contributed by atoms with Gasteiger partial charge >= 0.3 is 0 Å². The van der Waals surface area contributed by atoms with Gasteiger partial charge in [0.1, 0.15) is 0 Å². The fraction of sp³-hybridized carbons (Fsp3) is 0.0714. The molecule has 2 aromatic heterocycles. The van der Waals surface area contributed by atoms with Gasteiger partial charge in [0.15, 0.2) is 5.65 Å². The Morgan fingerprint density at radius 1 is 0.941 bits per heavy atom. The summed E-state index contributed by atoms with van der Waals surface area (Å²) in [4.78, 5) is 17.8. The van der Waals surface area contributed by atoms with Crippen molar-refractivity contribution in [2.24, 2.45) is 0 Å². The molecule has 0 bridgehead atoms. The summed E-state index contributed by atoms with van der Waals surface area (Å²) < 4.78 is 2.09. The molecule has 5 rings (SSSR count). The number of imidazole rings is 1. The molecule has 0 aliphatic heterocycles. The second kappa shape index (κ2) is 9.85. The van der Waals surface area contributed by atoms with Gasteiger partial charge in [-0.2, -0.15) is 0 Å². The Morgan fingerprint density at radius 2 is 1.74 bits per heavy atom. The van der Waals surface area contributed by atoms with Crippen LogP contribution >= 0.6 is 11.8 Å². The smallest absolute Gasteiger partial charge is 0.207 e. The van der Waals surface area contributed by atoms with Crippen molar-refractivity contribution in [3.8, 4) is 11.3 Å². The molecule has 0 saturated heterocycles. The predicted octanol–water partition coefficient (Wildman–Crippen LogP) is 6.45. The van der Waals surface area contributed by atoms with Gasteiger partial charge in [0.2, 0.25) is 6.41 Å². The molecule has 0 fully saturated rings. The lowest BCUT2D eigenvalue weighted by Gasteiger charge is -2.14. The van der Waals surface area contributed by atoms with Gasteiger partial charge in [-0.15, -0.1) is 0 Å². The highest BCUT2D eigenvalue weighted by atomic mass is 32.2. The fourth-order valence-corrected chi connectivity index (χ4v) is 4.74. The van der Waals surface area contributed by atoms with Gasteiger partial charge in [-0.05, 0) is 78.2 Å². The number of pyridine rings is 1. The molecule has 5 nitrogen and oxygen atoms in total. The van der Waals surface area contributed by atoms with Crippen molar-refractivity contribution in [3.63, 3.8) is 0 Å². The number of nitrogens with one attached hydrogen (secondary N) is 2. The van der Waals surface area contributed by atoms with Crippen molar-refractivity contribution >= 4 is 35.2 Å². The average Bonchev–Trinajstić information content (AvgIpc) is 3.36. The molecular weight excluding hydrogens is 440 g/mol. The number of hydrogen-bond acceptors (Lipinski definition) is 4. The molecule has 0 aliphatic carbocycles. The topological polar surface area (TPSA) is 58.4 Å². The van der Waals surface area contributed by atoms with E-state index in [0.717, 1.165) is 45.8 Å². The van der Waals surface area contributed by atoms with Crippen molar-refractivity contribution < 1.29 is 4.79 Å². The maximum Gasteiger partial charge on any atom is 0.207 e. The standard InChI is InChI=1S/C28H24N4OS/c1-20-7-8-21(17-22(20)18-29-19-33)27-14-13-26(28-30-15-16-32(27)28)31-23-9-11-25(12-10-23)34-24-5-3-2-4-6-24/h2-17,19,31H,18H2,1H3,(H,29,33). The molecule has 34 heavy (non-hydrogen) atoms.